The Kier molecular flexibility index (Phi) is 2.66. The van der Waals surface area contributed by atoms with E-state index in [-0.39, 0.29) is 5.41 Å². The lowest BCUT2D eigenvalue weighted by atomic mass is 9.62. The molecule has 2 N–H and O–H groups in total. The first-order valence-electron chi connectivity index (χ1n) is 4.84. The second-order valence-corrected chi connectivity index (χ2v) is 4.89. The highest BCUT2D eigenvalue weighted by molar-refractivity contribution is 5.75. The van der Waals surface area contributed by atoms with Crippen molar-refractivity contribution in [1.82, 2.24) is 5.32 Å². The van der Waals surface area contributed by atoms with E-state index < -0.39 is 11.4 Å². The average molecular weight is 185 g/mol. The van der Waals surface area contributed by atoms with Crippen LogP contribution >= 0.6 is 0 Å². The minimum atomic E-state index is -0.637. The molecule has 1 aliphatic heterocycles. The van der Waals surface area contributed by atoms with E-state index in [1.54, 1.807) is 0 Å². The molecule has 0 aromatic heterocycles. The van der Waals surface area contributed by atoms with E-state index in [0.29, 0.717) is 0 Å². The van der Waals surface area contributed by atoms with Crippen LogP contribution in [0.15, 0.2) is 0 Å². The van der Waals surface area contributed by atoms with Crippen LogP contribution in [0.1, 0.15) is 33.6 Å². The zero-order chi connectivity index (χ0) is 10.1. The molecule has 1 rings (SSSR count). The Morgan fingerprint density at radius 3 is 2.00 bits per heavy atom. The summed E-state index contributed by atoms with van der Waals surface area (Å²) in [4.78, 5) is 11.3. The third-order valence-corrected chi connectivity index (χ3v) is 3.30. The standard InChI is InChI=1S/C10H19NO2/c1-9(2,3)10(8(12)13)4-6-11-7-5-10/h11H,4-7H2,1-3H3,(H,12,13). The van der Waals surface area contributed by atoms with Gasteiger partial charge in [0, 0.05) is 0 Å². The van der Waals surface area contributed by atoms with Gasteiger partial charge in [0.2, 0.25) is 0 Å². The van der Waals surface area contributed by atoms with Crippen LogP contribution in [0.2, 0.25) is 0 Å². The predicted octanol–water partition coefficient (Wildman–Crippen LogP) is 1.49. The summed E-state index contributed by atoms with van der Waals surface area (Å²) in [5.74, 6) is -0.637. The summed E-state index contributed by atoms with van der Waals surface area (Å²) in [6, 6.07) is 0. The Balaban J connectivity index is 2.93. The van der Waals surface area contributed by atoms with Crippen LogP contribution < -0.4 is 5.32 Å². The molecule has 0 spiro atoms. The molecule has 0 aromatic carbocycles. The van der Waals surface area contributed by atoms with Crippen LogP contribution in [0.5, 0.6) is 0 Å². The topological polar surface area (TPSA) is 49.3 Å². The van der Waals surface area contributed by atoms with Crippen molar-refractivity contribution >= 4 is 5.97 Å². The van der Waals surface area contributed by atoms with Crippen molar-refractivity contribution in [2.75, 3.05) is 13.1 Å². The van der Waals surface area contributed by atoms with E-state index in [1.807, 2.05) is 20.8 Å². The summed E-state index contributed by atoms with van der Waals surface area (Å²) in [6.45, 7) is 7.71. The minimum absolute atomic E-state index is 0.152. The fourth-order valence-electron chi connectivity index (χ4n) is 2.14. The van der Waals surface area contributed by atoms with Gasteiger partial charge in [0.25, 0.3) is 0 Å². The first-order valence-corrected chi connectivity index (χ1v) is 4.84. The van der Waals surface area contributed by atoms with Crippen molar-refractivity contribution < 1.29 is 9.90 Å². The van der Waals surface area contributed by atoms with Gasteiger partial charge < -0.3 is 10.4 Å². The first-order chi connectivity index (χ1) is 5.90. The summed E-state index contributed by atoms with van der Waals surface area (Å²) < 4.78 is 0. The minimum Gasteiger partial charge on any atom is -0.481 e. The van der Waals surface area contributed by atoms with E-state index in [1.165, 1.54) is 0 Å². The number of carboxylic acids is 1. The molecular formula is C10H19NO2. The van der Waals surface area contributed by atoms with Crippen LogP contribution in [0, 0.1) is 10.8 Å². The zero-order valence-electron chi connectivity index (χ0n) is 8.68. The van der Waals surface area contributed by atoms with Crippen molar-refractivity contribution in [1.29, 1.82) is 0 Å². The van der Waals surface area contributed by atoms with Gasteiger partial charge in [0.1, 0.15) is 0 Å². The Bertz CT molecular complexity index is 199. The second-order valence-electron chi connectivity index (χ2n) is 4.89. The largest absolute Gasteiger partial charge is 0.481 e. The second kappa shape index (κ2) is 3.29. The maximum atomic E-state index is 11.3. The highest BCUT2D eigenvalue weighted by Crippen LogP contribution is 2.45. The van der Waals surface area contributed by atoms with Gasteiger partial charge in [-0.2, -0.15) is 0 Å². The normalized spacial score (nSPS) is 22.7. The van der Waals surface area contributed by atoms with Gasteiger partial charge in [-0.05, 0) is 31.3 Å². The monoisotopic (exact) mass is 185 g/mol. The van der Waals surface area contributed by atoms with Crippen LogP contribution in [0.25, 0.3) is 0 Å². The van der Waals surface area contributed by atoms with E-state index in [4.69, 9.17) is 0 Å². The molecule has 0 aromatic rings. The van der Waals surface area contributed by atoms with Crippen molar-refractivity contribution in [3.8, 4) is 0 Å². The maximum absolute atomic E-state index is 11.3. The molecule has 0 amide bonds. The van der Waals surface area contributed by atoms with Crippen LogP contribution in [0.4, 0.5) is 0 Å². The van der Waals surface area contributed by atoms with Crippen molar-refractivity contribution in [2.45, 2.75) is 33.6 Å². The molecule has 0 atom stereocenters. The van der Waals surface area contributed by atoms with Gasteiger partial charge in [0.05, 0.1) is 5.41 Å². The smallest absolute Gasteiger partial charge is 0.310 e. The average Bonchev–Trinajstić information content (AvgIpc) is 2.03. The number of rotatable bonds is 1. The third kappa shape index (κ3) is 1.70. The number of aliphatic carboxylic acids is 1. The summed E-state index contributed by atoms with van der Waals surface area (Å²) in [5.41, 5.74) is -0.681. The molecule has 0 aliphatic carbocycles. The number of hydrogen-bond acceptors (Lipinski definition) is 2. The molecule has 0 saturated carbocycles. The van der Waals surface area contributed by atoms with Gasteiger partial charge >= 0.3 is 5.97 Å². The Morgan fingerprint density at radius 1 is 1.31 bits per heavy atom. The lowest BCUT2D eigenvalue weighted by Gasteiger charge is -2.44. The van der Waals surface area contributed by atoms with E-state index >= 15 is 0 Å². The molecule has 76 valence electrons. The van der Waals surface area contributed by atoms with Gasteiger partial charge in [-0.15, -0.1) is 0 Å². The number of hydrogen-bond donors (Lipinski definition) is 2. The van der Waals surface area contributed by atoms with Crippen LogP contribution in [0.3, 0.4) is 0 Å². The molecular weight excluding hydrogens is 166 g/mol. The molecule has 1 saturated heterocycles. The van der Waals surface area contributed by atoms with Crippen molar-refractivity contribution in [3.63, 3.8) is 0 Å². The molecule has 0 unspecified atom stereocenters. The molecule has 3 heteroatoms. The number of piperidine rings is 1. The predicted molar refractivity (Wildman–Crippen MR) is 51.6 cm³/mol. The molecule has 1 heterocycles. The Hall–Kier alpha value is -0.570. The lowest BCUT2D eigenvalue weighted by molar-refractivity contribution is -0.159. The Labute approximate surface area is 79.5 Å². The van der Waals surface area contributed by atoms with Crippen LogP contribution in [-0.4, -0.2) is 24.2 Å². The van der Waals surface area contributed by atoms with Gasteiger partial charge in [0.15, 0.2) is 0 Å². The highest BCUT2D eigenvalue weighted by atomic mass is 16.4. The first kappa shape index (κ1) is 10.5. The maximum Gasteiger partial charge on any atom is 0.310 e. The fourth-order valence-corrected chi connectivity index (χ4v) is 2.14. The molecule has 0 radical (unpaired) electrons. The summed E-state index contributed by atoms with van der Waals surface area (Å²) in [6.07, 6.45) is 1.48. The van der Waals surface area contributed by atoms with Crippen molar-refractivity contribution in [3.05, 3.63) is 0 Å². The molecule has 3 nitrogen and oxygen atoms in total. The summed E-state index contributed by atoms with van der Waals surface area (Å²) in [5, 5.41) is 12.5. The van der Waals surface area contributed by atoms with E-state index in [0.717, 1.165) is 25.9 Å². The van der Waals surface area contributed by atoms with Gasteiger partial charge in [-0.25, -0.2) is 0 Å². The lowest BCUT2D eigenvalue weighted by Crippen LogP contribution is -2.50. The third-order valence-electron chi connectivity index (χ3n) is 3.30. The van der Waals surface area contributed by atoms with Crippen molar-refractivity contribution in [2.24, 2.45) is 10.8 Å². The van der Waals surface area contributed by atoms with Gasteiger partial charge in [-0.3, -0.25) is 4.79 Å². The van der Waals surface area contributed by atoms with Crippen LogP contribution in [-0.2, 0) is 4.79 Å². The number of carboxylic acid groups (broad SMARTS) is 1. The highest BCUT2D eigenvalue weighted by Gasteiger charge is 2.48. The fraction of sp³-hybridized carbons (Fsp3) is 0.900. The van der Waals surface area contributed by atoms with E-state index in [2.05, 4.69) is 5.32 Å². The SMILES string of the molecule is CC(C)(C)C1(C(=O)O)CCNCC1. The Morgan fingerprint density at radius 2 is 1.77 bits per heavy atom. The molecule has 13 heavy (non-hydrogen) atoms. The zero-order valence-corrected chi connectivity index (χ0v) is 8.68. The quantitative estimate of drug-likeness (QED) is 0.650. The summed E-state index contributed by atoms with van der Waals surface area (Å²) in [7, 11) is 0. The van der Waals surface area contributed by atoms with Gasteiger partial charge in [-0.1, -0.05) is 20.8 Å². The summed E-state index contributed by atoms with van der Waals surface area (Å²) >= 11 is 0. The molecule has 1 fully saturated rings. The number of carbonyl (C=O) groups is 1. The number of nitrogens with one attached hydrogen (secondary N) is 1. The molecule has 0 bridgehead atoms. The molecule has 1 aliphatic rings. The van der Waals surface area contributed by atoms with E-state index in [9.17, 15) is 9.90 Å².